The molecule has 2 aromatic heterocycles. The third-order valence-corrected chi connectivity index (χ3v) is 11.8. The highest BCUT2D eigenvalue weighted by Crippen LogP contribution is 2.62. The number of fused-ring (bicyclic) bond motifs is 2. The van der Waals surface area contributed by atoms with Crippen molar-refractivity contribution in [2.24, 2.45) is 22.7 Å². The first kappa shape index (κ1) is 38.7. The maximum Gasteiger partial charge on any atom is 0.469 e. The van der Waals surface area contributed by atoms with Gasteiger partial charge in [-0.2, -0.15) is 5.26 Å². The van der Waals surface area contributed by atoms with E-state index in [9.17, 15) is 29.2 Å². The summed E-state index contributed by atoms with van der Waals surface area (Å²) in [7, 11) is -3.05. The molecule has 3 aromatic rings. The molecule has 1 aromatic carbocycles. The maximum atomic E-state index is 14.8. The van der Waals surface area contributed by atoms with Gasteiger partial charge in [0.25, 0.3) is 5.91 Å². The van der Waals surface area contributed by atoms with Gasteiger partial charge in [0.15, 0.2) is 0 Å². The number of hydrogen-bond donors (Lipinski definition) is 3. The minimum absolute atomic E-state index is 0.0136. The lowest BCUT2D eigenvalue weighted by molar-refractivity contribution is -0.125. The number of halogens is 1. The van der Waals surface area contributed by atoms with E-state index < -0.39 is 31.3 Å². The lowest BCUT2D eigenvalue weighted by atomic mass is 9.50. The van der Waals surface area contributed by atoms with Gasteiger partial charge in [0, 0.05) is 54.7 Å². The van der Waals surface area contributed by atoms with E-state index in [1.165, 1.54) is 16.0 Å². The third-order valence-electron chi connectivity index (χ3n) is 11.0. The summed E-state index contributed by atoms with van der Waals surface area (Å²) in [6, 6.07) is 4.61. The van der Waals surface area contributed by atoms with Crippen LogP contribution in [0.15, 0.2) is 60.6 Å². The van der Waals surface area contributed by atoms with E-state index in [1.807, 2.05) is 36.0 Å². The van der Waals surface area contributed by atoms with Gasteiger partial charge in [-0.3, -0.25) is 19.2 Å². The summed E-state index contributed by atoms with van der Waals surface area (Å²) in [5, 5.41) is 23.6. The molecule has 0 spiro atoms. The molecule has 2 amide bonds. The largest absolute Gasteiger partial charge is 0.469 e. The zero-order valence-corrected chi connectivity index (χ0v) is 32.9. The molecule has 1 aliphatic heterocycles. The summed E-state index contributed by atoms with van der Waals surface area (Å²) in [6.45, 7) is 8.04. The molecule has 2 bridgehead atoms. The van der Waals surface area contributed by atoms with E-state index in [4.69, 9.17) is 21.4 Å². The topological polar surface area (TPSA) is 196 Å². The van der Waals surface area contributed by atoms with Gasteiger partial charge in [-0.1, -0.05) is 68.8 Å². The van der Waals surface area contributed by atoms with Gasteiger partial charge in [0.1, 0.15) is 11.8 Å². The monoisotopic (exact) mass is 790 g/mol. The van der Waals surface area contributed by atoms with Crippen LogP contribution in [0.2, 0.25) is 5.02 Å². The average Bonchev–Trinajstić information content (AvgIpc) is 3.53. The number of nitriles is 1. The number of likely N-dealkylation sites (N-methyl/N-ethyl adjacent to an activating group) is 1. The van der Waals surface area contributed by atoms with Crippen molar-refractivity contribution in [1.82, 2.24) is 24.9 Å². The van der Waals surface area contributed by atoms with Crippen molar-refractivity contribution in [2.75, 3.05) is 37.0 Å². The molecule has 0 saturated heterocycles. The summed E-state index contributed by atoms with van der Waals surface area (Å²) < 4.78 is 23.6. The number of benzene rings is 1. The number of phosphoric ester groups is 1. The van der Waals surface area contributed by atoms with Gasteiger partial charge in [-0.05, 0) is 42.7 Å². The molecule has 3 atom stereocenters. The van der Waals surface area contributed by atoms with Crippen LogP contribution in [0.4, 0.5) is 16.2 Å². The Kier molecular flexibility index (Phi) is 9.97. The summed E-state index contributed by atoms with van der Waals surface area (Å²) >= 11 is 7.01. The Balaban J connectivity index is 1.40. The predicted octanol–water partition coefficient (Wildman–Crippen LogP) is 6.61. The van der Waals surface area contributed by atoms with Crippen molar-refractivity contribution in [3.63, 3.8) is 0 Å². The van der Waals surface area contributed by atoms with Crippen molar-refractivity contribution in [2.45, 2.75) is 65.0 Å². The quantitative estimate of drug-likeness (QED) is 0.131. The molecule has 3 N–H and O–H groups in total. The Hall–Kier alpha value is -4.58. The Labute approximate surface area is 323 Å². The first-order chi connectivity index (χ1) is 25.9. The highest BCUT2D eigenvalue weighted by Gasteiger charge is 2.59. The molecule has 290 valence electrons. The first-order valence-corrected chi connectivity index (χ1v) is 20.0. The van der Waals surface area contributed by atoms with Gasteiger partial charge < -0.3 is 24.7 Å². The second kappa shape index (κ2) is 14.2. The normalized spacial score (nSPS) is 24.7. The fraction of sp³-hybridized carbons (Fsp3) is 0.474. The fourth-order valence-corrected chi connectivity index (χ4v) is 8.71. The van der Waals surface area contributed by atoms with E-state index in [2.05, 4.69) is 46.9 Å². The smallest absolute Gasteiger partial charge is 0.449 e. The fourth-order valence-electron chi connectivity index (χ4n) is 8.09. The SMILES string of the molecule is CN1C=CC2C(=CC=CC2(C)[C@@H](c2cn(C34CC(C3)C4)nn2)N(C(=O)OCCCOP(=O)(O)O)c2cc(Cl)c3ncc(C#N)c(NCC(C)(C)C)c3c2)C1=O. The Bertz CT molecular complexity index is 2220. The number of rotatable bonds is 12. The van der Waals surface area contributed by atoms with Crippen LogP contribution in [-0.4, -0.2) is 73.5 Å². The van der Waals surface area contributed by atoms with Crippen LogP contribution in [-0.2, 0) is 24.2 Å². The van der Waals surface area contributed by atoms with Gasteiger partial charge >= 0.3 is 13.9 Å². The molecular weight excluding hydrogens is 747 g/mol. The second-order valence-corrected chi connectivity index (χ2v) is 18.0. The van der Waals surface area contributed by atoms with Gasteiger partial charge in [-0.25, -0.2) is 14.0 Å². The first-order valence-electron chi connectivity index (χ1n) is 18.1. The number of pyridine rings is 1. The zero-order valence-electron chi connectivity index (χ0n) is 31.3. The number of carbonyl (C=O) groups is 2. The molecule has 3 saturated carbocycles. The third kappa shape index (κ3) is 7.30. The molecular formula is C38H44ClN8O7P. The molecule has 17 heteroatoms. The number of aromatic nitrogens is 4. The Morgan fingerprint density at radius 1 is 1.25 bits per heavy atom. The summed E-state index contributed by atoms with van der Waals surface area (Å²) in [4.78, 5) is 54.2. The predicted molar refractivity (Wildman–Crippen MR) is 205 cm³/mol. The Morgan fingerprint density at radius 3 is 2.65 bits per heavy atom. The molecule has 55 heavy (non-hydrogen) atoms. The molecule has 8 rings (SSSR count). The highest BCUT2D eigenvalue weighted by atomic mass is 35.5. The lowest BCUT2D eigenvalue weighted by Crippen LogP contribution is -2.59. The van der Waals surface area contributed by atoms with Crippen LogP contribution < -0.4 is 10.2 Å². The van der Waals surface area contributed by atoms with E-state index in [0.717, 1.165) is 19.3 Å². The van der Waals surface area contributed by atoms with Crippen LogP contribution >= 0.6 is 19.4 Å². The molecule has 4 aliphatic carbocycles. The number of phosphoric acid groups is 1. The molecule has 2 unspecified atom stereocenters. The van der Waals surface area contributed by atoms with Crippen molar-refractivity contribution in [3.05, 3.63) is 76.9 Å². The minimum atomic E-state index is -4.73. The second-order valence-electron chi connectivity index (χ2n) is 16.3. The van der Waals surface area contributed by atoms with Crippen molar-refractivity contribution in [1.29, 1.82) is 5.26 Å². The van der Waals surface area contributed by atoms with E-state index in [1.54, 1.807) is 31.5 Å². The summed E-state index contributed by atoms with van der Waals surface area (Å²) in [6.07, 6.45) is 14.7. The number of ether oxygens (including phenoxy) is 1. The van der Waals surface area contributed by atoms with Crippen molar-refractivity contribution < 1.29 is 33.2 Å². The summed E-state index contributed by atoms with van der Waals surface area (Å²) in [5.41, 5.74) is 1.16. The molecule has 5 aliphatic rings. The maximum absolute atomic E-state index is 14.8. The number of amides is 2. The van der Waals surface area contributed by atoms with Crippen LogP contribution in [0.1, 0.15) is 70.7 Å². The molecule has 3 fully saturated rings. The van der Waals surface area contributed by atoms with Crippen LogP contribution in [0.25, 0.3) is 10.9 Å². The standard InChI is InChI=1S/C38H44ClN8O7P/c1-36(2,3)22-42-31-24(19-40)20-41-32-27(31)14-25(15-29(32)39)47(35(49)53-12-7-13-54-55(50,51)52)33(30-21-46(44-43-30)38-16-23(17-38)18-38)37(4)10-6-8-26-28(37)9-11-45(5)34(26)48/h6,8-11,14-15,20-21,23,28,33H,7,12-13,16-18,22H2,1-5H3,(H,41,42)(H2,50,51,52)/t23?,28?,33-,37?,38?/m1/s1. The van der Waals surface area contributed by atoms with E-state index >= 15 is 0 Å². The number of allylic oxidation sites excluding steroid dienone is 3. The van der Waals surface area contributed by atoms with Gasteiger partial charge in [0.05, 0.1) is 58.5 Å². The van der Waals surface area contributed by atoms with Gasteiger partial charge in [-0.15, -0.1) is 5.10 Å². The van der Waals surface area contributed by atoms with Gasteiger partial charge in [0.2, 0.25) is 0 Å². The number of nitrogens with one attached hydrogen (secondary N) is 1. The molecule has 0 radical (unpaired) electrons. The van der Waals surface area contributed by atoms with E-state index in [-0.39, 0.29) is 47.1 Å². The van der Waals surface area contributed by atoms with Crippen LogP contribution in [0, 0.1) is 34.0 Å². The van der Waals surface area contributed by atoms with Crippen molar-refractivity contribution in [3.8, 4) is 6.07 Å². The number of nitrogens with zero attached hydrogens (tertiary/aromatic N) is 7. The Morgan fingerprint density at radius 2 is 2.00 bits per heavy atom. The van der Waals surface area contributed by atoms with Crippen LogP contribution in [0.3, 0.4) is 0 Å². The van der Waals surface area contributed by atoms with Crippen LogP contribution in [0.5, 0.6) is 0 Å². The highest BCUT2D eigenvalue weighted by molar-refractivity contribution is 7.46. The molecule has 3 heterocycles. The van der Waals surface area contributed by atoms with E-state index in [0.29, 0.717) is 46.0 Å². The number of anilines is 2. The average molecular weight is 791 g/mol. The minimum Gasteiger partial charge on any atom is -0.449 e. The number of hydrogen-bond acceptors (Lipinski definition) is 10. The summed E-state index contributed by atoms with van der Waals surface area (Å²) in [5.74, 6) is -0.0268. The number of carbonyl (C=O) groups excluding carboxylic acids is 2. The zero-order chi connectivity index (χ0) is 39.5. The lowest BCUT2D eigenvalue weighted by Gasteiger charge is -2.61. The van der Waals surface area contributed by atoms with Crippen molar-refractivity contribution >= 4 is 53.7 Å². The molecule has 15 nitrogen and oxygen atoms in total.